The van der Waals surface area contributed by atoms with Gasteiger partial charge in [0.25, 0.3) is 0 Å². The molecular formula is C12H12FN3. The molecule has 1 aromatic heterocycles. The van der Waals surface area contributed by atoms with Crippen LogP contribution in [0.25, 0.3) is 10.9 Å². The summed E-state index contributed by atoms with van der Waals surface area (Å²) < 4.78 is 13.1. The molecule has 2 N–H and O–H groups in total. The van der Waals surface area contributed by atoms with E-state index >= 15 is 0 Å². The number of fused-ring (bicyclic) bond motifs is 1. The van der Waals surface area contributed by atoms with Crippen molar-refractivity contribution >= 4 is 10.9 Å². The fourth-order valence-corrected chi connectivity index (χ4v) is 1.83. The molecule has 4 heteroatoms. The summed E-state index contributed by atoms with van der Waals surface area (Å²) in [4.78, 5) is 8.78. The minimum atomic E-state index is -0.340. The van der Waals surface area contributed by atoms with E-state index in [1.165, 1.54) is 12.1 Å². The second kappa shape index (κ2) is 2.98. The Labute approximate surface area is 92.5 Å². The molecule has 1 heterocycles. The molecule has 1 fully saturated rings. The molecule has 0 aliphatic heterocycles. The average molecular weight is 217 g/mol. The average Bonchev–Trinajstić information content (AvgIpc) is 2.99. The maximum Gasteiger partial charge on any atom is 0.149 e. The Balaban J connectivity index is 2.26. The quantitative estimate of drug-likeness (QED) is 0.795. The third-order valence-electron chi connectivity index (χ3n) is 3.08. The normalized spacial score (nSPS) is 17.7. The molecule has 0 spiro atoms. The van der Waals surface area contributed by atoms with Crippen LogP contribution in [0.2, 0.25) is 0 Å². The second-order valence-electron chi connectivity index (χ2n) is 4.45. The van der Waals surface area contributed by atoms with Crippen molar-refractivity contribution < 1.29 is 4.39 Å². The van der Waals surface area contributed by atoms with Crippen LogP contribution in [0, 0.1) is 12.7 Å². The van der Waals surface area contributed by atoms with Gasteiger partial charge in [0.1, 0.15) is 11.6 Å². The molecule has 16 heavy (non-hydrogen) atoms. The Morgan fingerprint density at radius 1 is 1.31 bits per heavy atom. The lowest BCUT2D eigenvalue weighted by Crippen LogP contribution is -2.22. The Hall–Kier alpha value is -1.55. The standard InChI is InChI=1S/C12H12FN3/c1-7-9-6-8(13)2-3-10(9)16-11(15-7)12(14)4-5-12/h2-3,6H,4-5,14H2,1H3. The minimum absolute atomic E-state index is 0.263. The van der Waals surface area contributed by atoms with Crippen LogP contribution in [-0.2, 0) is 5.54 Å². The van der Waals surface area contributed by atoms with E-state index in [1.54, 1.807) is 6.07 Å². The fourth-order valence-electron chi connectivity index (χ4n) is 1.83. The summed E-state index contributed by atoms with van der Waals surface area (Å²) in [6.45, 7) is 1.86. The molecule has 1 saturated carbocycles. The van der Waals surface area contributed by atoms with Crippen LogP contribution >= 0.6 is 0 Å². The van der Waals surface area contributed by atoms with Crippen molar-refractivity contribution in [3.8, 4) is 0 Å². The zero-order valence-electron chi connectivity index (χ0n) is 9.00. The maximum absolute atomic E-state index is 13.1. The van der Waals surface area contributed by atoms with Crippen molar-refractivity contribution in [1.82, 2.24) is 9.97 Å². The predicted octanol–water partition coefficient (Wildman–Crippen LogP) is 2.03. The molecule has 3 rings (SSSR count). The van der Waals surface area contributed by atoms with Gasteiger partial charge in [-0.15, -0.1) is 0 Å². The Morgan fingerprint density at radius 2 is 2.06 bits per heavy atom. The summed E-state index contributed by atoms with van der Waals surface area (Å²) in [5, 5.41) is 0.757. The molecule has 82 valence electrons. The number of benzene rings is 1. The van der Waals surface area contributed by atoms with Crippen molar-refractivity contribution in [2.45, 2.75) is 25.3 Å². The number of aryl methyl sites for hydroxylation is 1. The van der Waals surface area contributed by atoms with Gasteiger partial charge in [-0.25, -0.2) is 14.4 Å². The highest BCUT2D eigenvalue weighted by Gasteiger charge is 2.43. The Kier molecular flexibility index (Phi) is 1.80. The molecule has 0 unspecified atom stereocenters. The summed E-state index contributed by atoms with van der Waals surface area (Å²) in [6, 6.07) is 4.55. The second-order valence-corrected chi connectivity index (χ2v) is 4.45. The molecule has 0 amide bonds. The molecule has 3 nitrogen and oxygen atoms in total. The highest BCUT2D eigenvalue weighted by atomic mass is 19.1. The third-order valence-corrected chi connectivity index (χ3v) is 3.08. The van der Waals surface area contributed by atoms with Crippen molar-refractivity contribution in [2.24, 2.45) is 5.73 Å². The SMILES string of the molecule is Cc1nc(C2(N)CC2)nc2ccc(F)cc12. The van der Waals surface area contributed by atoms with Gasteiger partial charge < -0.3 is 5.73 Å². The summed E-state index contributed by atoms with van der Waals surface area (Å²) in [5.74, 6) is 0.421. The molecule has 1 aromatic carbocycles. The zero-order chi connectivity index (χ0) is 11.3. The Morgan fingerprint density at radius 3 is 2.75 bits per heavy atom. The monoisotopic (exact) mass is 217 g/mol. The fraction of sp³-hybridized carbons (Fsp3) is 0.333. The number of halogens is 1. The number of rotatable bonds is 1. The molecule has 0 saturated heterocycles. The maximum atomic E-state index is 13.1. The van der Waals surface area contributed by atoms with E-state index in [9.17, 15) is 4.39 Å². The van der Waals surface area contributed by atoms with Gasteiger partial charge in [-0.3, -0.25) is 0 Å². The number of nitrogens with two attached hydrogens (primary N) is 1. The summed E-state index contributed by atoms with van der Waals surface area (Å²) in [7, 11) is 0. The molecule has 1 aliphatic rings. The lowest BCUT2D eigenvalue weighted by molar-refractivity contribution is 0.628. The third kappa shape index (κ3) is 1.38. The molecule has 2 aromatic rings. The molecule has 0 atom stereocenters. The van der Waals surface area contributed by atoms with Crippen LogP contribution in [0.3, 0.4) is 0 Å². The zero-order valence-corrected chi connectivity index (χ0v) is 9.00. The minimum Gasteiger partial charge on any atom is -0.319 e. The summed E-state index contributed by atoms with van der Waals surface area (Å²) in [6.07, 6.45) is 1.86. The van der Waals surface area contributed by atoms with Crippen LogP contribution in [0.15, 0.2) is 18.2 Å². The molecule has 0 radical (unpaired) electrons. The van der Waals surface area contributed by atoms with Crippen LogP contribution in [0.1, 0.15) is 24.4 Å². The van der Waals surface area contributed by atoms with E-state index in [0.717, 1.165) is 29.4 Å². The van der Waals surface area contributed by atoms with E-state index in [0.29, 0.717) is 5.82 Å². The molecule has 1 aliphatic carbocycles. The topological polar surface area (TPSA) is 51.8 Å². The van der Waals surface area contributed by atoms with E-state index < -0.39 is 0 Å². The van der Waals surface area contributed by atoms with Gasteiger partial charge in [0.2, 0.25) is 0 Å². The lowest BCUT2D eigenvalue weighted by atomic mass is 10.1. The van der Waals surface area contributed by atoms with Gasteiger partial charge in [0.15, 0.2) is 0 Å². The van der Waals surface area contributed by atoms with Crippen LogP contribution in [0.5, 0.6) is 0 Å². The summed E-state index contributed by atoms with van der Waals surface area (Å²) >= 11 is 0. The number of hydrogen-bond acceptors (Lipinski definition) is 3. The predicted molar refractivity (Wildman–Crippen MR) is 59.3 cm³/mol. The van der Waals surface area contributed by atoms with Crippen LogP contribution in [0.4, 0.5) is 4.39 Å². The van der Waals surface area contributed by atoms with Crippen LogP contribution in [-0.4, -0.2) is 9.97 Å². The van der Waals surface area contributed by atoms with Gasteiger partial charge in [-0.05, 0) is 38.0 Å². The van der Waals surface area contributed by atoms with Crippen molar-refractivity contribution in [3.05, 3.63) is 35.5 Å². The number of nitrogens with zero attached hydrogens (tertiary/aromatic N) is 2. The van der Waals surface area contributed by atoms with Gasteiger partial charge in [0.05, 0.1) is 11.1 Å². The van der Waals surface area contributed by atoms with Crippen LogP contribution < -0.4 is 5.73 Å². The van der Waals surface area contributed by atoms with Gasteiger partial charge in [-0.2, -0.15) is 0 Å². The Bertz CT molecular complexity index is 576. The first kappa shape index (κ1) is 9.66. The van der Waals surface area contributed by atoms with Gasteiger partial charge in [-0.1, -0.05) is 0 Å². The molecule has 0 bridgehead atoms. The molecular weight excluding hydrogens is 205 g/mol. The van der Waals surface area contributed by atoms with Crippen molar-refractivity contribution in [3.63, 3.8) is 0 Å². The smallest absolute Gasteiger partial charge is 0.149 e. The number of hydrogen-bond donors (Lipinski definition) is 1. The first-order valence-electron chi connectivity index (χ1n) is 5.32. The number of aromatic nitrogens is 2. The lowest BCUT2D eigenvalue weighted by Gasteiger charge is -2.10. The van der Waals surface area contributed by atoms with E-state index in [2.05, 4.69) is 9.97 Å². The van der Waals surface area contributed by atoms with Gasteiger partial charge >= 0.3 is 0 Å². The first-order valence-corrected chi connectivity index (χ1v) is 5.32. The first-order chi connectivity index (χ1) is 7.58. The van der Waals surface area contributed by atoms with Crippen molar-refractivity contribution in [1.29, 1.82) is 0 Å². The van der Waals surface area contributed by atoms with Gasteiger partial charge in [0, 0.05) is 11.1 Å². The largest absolute Gasteiger partial charge is 0.319 e. The van der Waals surface area contributed by atoms with E-state index in [-0.39, 0.29) is 11.4 Å². The van der Waals surface area contributed by atoms with Crippen molar-refractivity contribution in [2.75, 3.05) is 0 Å². The highest BCUT2D eigenvalue weighted by Crippen LogP contribution is 2.41. The summed E-state index contributed by atoms with van der Waals surface area (Å²) in [5.41, 5.74) is 7.27. The van der Waals surface area contributed by atoms with E-state index in [1.807, 2.05) is 6.92 Å². The van der Waals surface area contributed by atoms with E-state index in [4.69, 9.17) is 5.73 Å². The highest BCUT2D eigenvalue weighted by molar-refractivity contribution is 5.80.